The lowest BCUT2D eigenvalue weighted by Gasteiger charge is -2.21. The molecule has 0 aromatic rings. The molecule has 0 aromatic heterocycles. The summed E-state index contributed by atoms with van der Waals surface area (Å²) in [5, 5.41) is 3.74. The van der Waals surface area contributed by atoms with Gasteiger partial charge in [-0.15, -0.1) is 0 Å². The van der Waals surface area contributed by atoms with Crippen LogP contribution < -0.4 is 5.32 Å². The fourth-order valence-electron chi connectivity index (χ4n) is 3.14. The Morgan fingerprint density at radius 1 is 1.07 bits per heavy atom. The molecule has 1 nitrogen and oxygen atoms in total. The predicted octanol–water partition coefficient (Wildman–Crippen LogP) is 3.74. The highest BCUT2D eigenvalue weighted by Gasteiger charge is 2.35. The lowest BCUT2D eigenvalue weighted by atomic mass is 9.87. The lowest BCUT2D eigenvalue weighted by Crippen LogP contribution is -2.22. The summed E-state index contributed by atoms with van der Waals surface area (Å²) < 4.78 is 0. The van der Waals surface area contributed by atoms with E-state index in [-0.39, 0.29) is 0 Å². The summed E-state index contributed by atoms with van der Waals surface area (Å²) in [7, 11) is 0. The summed E-state index contributed by atoms with van der Waals surface area (Å²) in [6, 6.07) is 0.897. The van der Waals surface area contributed by atoms with Crippen molar-refractivity contribution in [1.82, 2.24) is 5.32 Å². The second kappa shape index (κ2) is 5.89. The molecule has 1 N–H and O–H groups in total. The molecule has 0 bridgehead atoms. The van der Waals surface area contributed by atoms with Crippen molar-refractivity contribution in [3.05, 3.63) is 0 Å². The quantitative estimate of drug-likeness (QED) is 0.703. The van der Waals surface area contributed by atoms with Crippen molar-refractivity contribution < 1.29 is 0 Å². The van der Waals surface area contributed by atoms with E-state index in [9.17, 15) is 0 Å². The van der Waals surface area contributed by atoms with Gasteiger partial charge in [-0.25, -0.2) is 0 Å². The fourth-order valence-corrected chi connectivity index (χ4v) is 3.14. The highest BCUT2D eigenvalue weighted by Crippen LogP contribution is 2.34. The molecule has 88 valence electrons. The van der Waals surface area contributed by atoms with Gasteiger partial charge in [-0.2, -0.15) is 0 Å². The second-order valence-electron chi connectivity index (χ2n) is 5.64. The van der Waals surface area contributed by atoms with E-state index in [0.717, 1.165) is 17.9 Å². The van der Waals surface area contributed by atoms with E-state index in [1.807, 2.05) is 0 Å². The van der Waals surface area contributed by atoms with Crippen LogP contribution in [0, 0.1) is 11.8 Å². The van der Waals surface area contributed by atoms with Crippen LogP contribution in [0.1, 0.15) is 64.7 Å². The van der Waals surface area contributed by atoms with E-state index in [1.54, 1.807) is 0 Å². The van der Waals surface area contributed by atoms with Crippen LogP contribution in [0.15, 0.2) is 0 Å². The molecule has 2 unspecified atom stereocenters. The molecule has 0 aliphatic heterocycles. The van der Waals surface area contributed by atoms with Crippen molar-refractivity contribution in [2.75, 3.05) is 6.54 Å². The molecule has 0 radical (unpaired) electrons. The third-order valence-electron chi connectivity index (χ3n) is 4.27. The van der Waals surface area contributed by atoms with E-state index < -0.39 is 0 Å². The van der Waals surface area contributed by atoms with Crippen LogP contribution in [0.3, 0.4) is 0 Å². The highest BCUT2D eigenvalue weighted by atomic mass is 15.0. The Kier molecular flexibility index (Phi) is 4.49. The number of hydrogen-bond acceptors (Lipinski definition) is 1. The SMILES string of the molecule is CCCC1CC1NCCC1CCCCC1. The van der Waals surface area contributed by atoms with E-state index in [1.165, 1.54) is 64.3 Å². The van der Waals surface area contributed by atoms with Gasteiger partial charge in [0.1, 0.15) is 0 Å². The largest absolute Gasteiger partial charge is 0.314 e. The molecule has 1 heteroatoms. The Labute approximate surface area is 95.0 Å². The molecular weight excluding hydrogens is 182 g/mol. The van der Waals surface area contributed by atoms with Gasteiger partial charge in [0.05, 0.1) is 0 Å². The van der Waals surface area contributed by atoms with Gasteiger partial charge in [0.2, 0.25) is 0 Å². The van der Waals surface area contributed by atoms with Crippen LogP contribution >= 0.6 is 0 Å². The second-order valence-corrected chi connectivity index (χ2v) is 5.64. The molecule has 15 heavy (non-hydrogen) atoms. The topological polar surface area (TPSA) is 12.0 Å². The third kappa shape index (κ3) is 3.79. The maximum atomic E-state index is 3.74. The van der Waals surface area contributed by atoms with Gasteiger partial charge in [0.15, 0.2) is 0 Å². The summed E-state index contributed by atoms with van der Waals surface area (Å²) in [4.78, 5) is 0. The molecule has 2 aliphatic carbocycles. The molecule has 0 saturated heterocycles. The molecule has 0 amide bonds. The number of hydrogen-bond donors (Lipinski definition) is 1. The molecule has 2 aliphatic rings. The molecule has 0 spiro atoms. The van der Waals surface area contributed by atoms with Crippen LogP contribution in [0.25, 0.3) is 0 Å². The highest BCUT2D eigenvalue weighted by molar-refractivity contribution is 4.92. The maximum absolute atomic E-state index is 3.74. The minimum Gasteiger partial charge on any atom is -0.314 e. The zero-order valence-electron chi connectivity index (χ0n) is 10.3. The maximum Gasteiger partial charge on any atom is 0.00991 e. The zero-order chi connectivity index (χ0) is 10.5. The van der Waals surface area contributed by atoms with Crippen LogP contribution in [0.5, 0.6) is 0 Å². The van der Waals surface area contributed by atoms with Crippen molar-refractivity contribution in [3.63, 3.8) is 0 Å². The first-order valence-corrected chi connectivity index (χ1v) is 7.13. The summed E-state index contributed by atoms with van der Waals surface area (Å²) >= 11 is 0. The van der Waals surface area contributed by atoms with Gasteiger partial charge in [-0.1, -0.05) is 45.4 Å². The average Bonchev–Trinajstić information content (AvgIpc) is 2.99. The van der Waals surface area contributed by atoms with Crippen molar-refractivity contribution in [3.8, 4) is 0 Å². The minimum absolute atomic E-state index is 0.897. The molecule has 2 rings (SSSR count). The predicted molar refractivity (Wildman–Crippen MR) is 66.0 cm³/mol. The average molecular weight is 209 g/mol. The first-order chi connectivity index (χ1) is 7.40. The smallest absolute Gasteiger partial charge is 0.00991 e. The fraction of sp³-hybridized carbons (Fsp3) is 1.00. The minimum atomic E-state index is 0.897. The van der Waals surface area contributed by atoms with Gasteiger partial charge >= 0.3 is 0 Å². The third-order valence-corrected chi connectivity index (χ3v) is 4.27. The van der Waals surface area contributed by atoms with E-state index in [2.05, 4.69) is 12.2 Å². The number of rotatable bonds is 6. The van der Waals surface area contributed by atoms with Crippen LogP contribution in [0.4, 0.5) is 0 Å². The molecule has 2 atom stereocenters. The lowest BCUT2D eigenvalue weighted by molar-refractivity contribution is 0.332. The normalized spacial score (nSPS) is 31.8. The van der Waals surface area contributed by atoms with E-state index in [0.29, 0.717) is 0 Å². The van der Waals surface area contributed by atoms with Crippen molar-refractivity contribution in [2.45, 2.75) is 70.8 Å². The van der Waals surface area contributed by atoms with Gasteiger partial charge in [0, 0.05) is 6.04 Å². The molecule has 2 saturated carbocycles. The molecule has 2 fully saturated rings. The van der Waals surface area contributed by atoms with E-state index in [4.69, 9.17) is 0 Å². The van der Waals surface area contributed by atoms with Gasteiger partial charge < -0.3 is 5.32 Å². The Hall–Kier alpha value is -0.0400. The Morgan fingerprint density at radius 2 is 1.87 bits per heavy atom. The monoisotopic (exact) mass is 209 g/mol. The first-order valence-electron chi connectivity index (χ1n) is 7.13. The van der Waals surface area contributed by atoms with Crippen LogP contribution in [-0.4, -0.2) is 12.6 Å². The summed E-state index contributed by atoms with van der Waals surface area (Å²) in [6.07, 6.45) is 13.2. The van der Waals surface area contributed by atoms with Crippen molar-refractivity contribution >= 4 is 0 Å². The molecule has 0 heterocycles. The summed E-state index contributed by atoms with van der Waals surface area (Å²) in [6.45, 7) is 3.59. The van der Waals surface area contributed by atoms with Crippen LogP contribution in [0.2, 0.25) is 0 Å². The Morgan fingerprint density at radius 3 is 2.60 bits per heavy atom. The zero-order valence-corrected chi connectivity index (χ0v) is 10.3. The first kappa shape index (κ1) is 11.4. The Balaban J connectivity index is 1.48. The molecule has 0 aromatic carbocycles. The van der Waals surface area contributed by atoms with Gasteiger partial charge in [-0.3, -0.25) is 0 Å². The number of nitrogens with one attached hydrogen (secondary N) is 1. The van der Waals surface area contributed by atoms with Crippen molar-refractivity contribution in [2.24, 2.45) is 11.8 Å². The van der Waals surface area contributed by atoms with Crippen LogP contribution in [-0.2, 0) is 0 Å². The van der Waals surface area contributed by atoms with Gasteiger partial charge in [-0.05, 0) is 37.6 Å². The van der Waals surface area contributed by atoms with E-state index >= 15 is 0 Å². The van der Waals surface area contributed by atoms with Gasteiger partial charge in [0.25, 0.3) is 0 Å². The summed E-state index contributed by atoms with van der Waals surface area (Å²) in [5.74, 6) is 2.08. The summed E-state index contributed by atoms with van der Waals surface area (Å²) in [5.41, 5.74) is 0. The standard InChI is InChI=1S/C14H27N/c1-2-6-13-11-14(13)15-10-9-12-7-4-3-5-8-12/h12-15H,2-11H2,1H3. The van der Waals surface area contributed by atoms with Crippen molar-refractivity contribution in [1.29, 1.82) is 0 Å². The molecular formula is C14H27N. The Bertz CT molecular complexity index is 172.